The van der Waals surface area contributed by atoms with Crippen molar-refractivity contribution in [3.05, 3.63) is 64.0 Å². The van der Waals surface area contributed by atoms with Crippen LogP contribution in [0.5, 0.6) is 11.5 Å². The maximum atomic E-state index is 14.1. The van der Waals surface area contributed by atoms with Crippen LogP contribution in [0.1, 0.15) is 5.56 Å². The average molecular weight is 301 g/mol. The molecule has 112 valence electrons. The SMILES string of the molecule is O=[N+]([O-])c1ccc(Oc2cccc(F)c2C2=NCCN2)cc1. The van der Waals surface area contributed by atoms with E-state index < -0.39 is 10.7 Å². The van der Waals surface area contributed by atoms with Gasteiger partial charge in [-0.25, -0.2) is 4.39 Å². The summed E-state index contributed by atoms with van der Waals surface area (Å²) in [6.45, 7) is 1.24. The van der Waals surface area contributed by atoms with Gasteiger partial charge in [0, 0.05) is 18.7 Å². The third-order valence-corrected chi connectivity index (χ3v) is 3.16. The van der Waals surface area contributed by atoms with E-state index in [9.17, 15) is 14.5 Å². The van der Waals surface area contributed by atoms with E-state index in [1.165, 1.54) is 36.4 Å². The second kappa shape index (κ2) is 5.80. The Bertz CT molecular complexity index is 744. The van der Waals surface area contributed by atoms with Crippen molar-refractivity contribution in [2.24, 2.45) is 4.99 Å². The van der Waals surface area contributed by atoms with E-state index in [2.05, 4.69) is 10.3 Å². The fraction of sp³-hybridized carbons (Fsp3) is 0.133. The number of non-ortho nitro benzene ring substituents is 1. The van der Waals surface area contributed by atoms with Gasteiger partial charge in [0.2, 0.25) is 0 Å². The first-order chi connectivity index (χ1) is 10.6. The molecule has 2 aromatic carbocycles. The van der Waals surface area contributed by atoms with E-state index in [0.29, 0.717) is 30.4 Å². The average Bonchev–Trinajstić information content (AvgIpc) is 3.02. The van der Waals surface area contributed by atoms with Crippen LogP contribution in [0.2, 0.25) is 0 Å². The number of nitro benzene ring substituents is 1. The number of ether oxygens (including phenoxy) is 1. The molecule has 1 aliphatic rings. The summed E-state index contributed by atoms with van der Waals surface area (Å²) >= 11 is 0. The molecule has 22 heavy (non-hydrogen) atoms. The first kappa shape index (κ1) is 14.0. The zero-order chi connectivity index (χ0) is 15.5. The summed E-state index contributed by atoms with van der Waals surface area (Å²) < 4.78 is 19.7. The third kappa shape index (κ3) is 2.73. The topological polar surface area (TPSA) is 76.8 Å². The van der Waals surface area contributed by atoms with E-state index in [4.69, 9.17) is 4.74 Å². The minimum absolute atomic E-state index is 0.0337. The van der Waals surface area contributed by atoms with Gasteiger partial charge in [-0.3, -0.25) is 15.1 Å². The van der Waals surface area contributed by atoms with Crippen LogP contribution in [0.4, 0.5) is 10.1 Å². The number of hydrogen-bond donors (Lipinski definition) is 1. The Hall–Kier alpha value is -2.96. The number of nitrogens with zero attached hydrogens (tertiary/aromatic N) is 2. The van der Waals surface area contributed by atoms with Crippen LogP contribution < -0.4 is 10.1 Å². The van der Waals surface area contributed by atoms with Crippen LogP contribution >= 0.6 is 0 Å². The highest BCUT2D eigenvalue weighted by Gasteiger charge is 2.19. The van der Waals surface area contributed by atoms with Gasteiger partial charge < -0.3 is 10.1 Å². The quantitative estimate of drug-likeness (QED) is 0.696. The smallest absolute Gasteiger partial charge is 0.269 e. The van der Waals surface area contributed by atoms with Crippen molar-refractivity contribution in [3.63, 3.8) is 0 Å². The number of nitrogens with one attached hydrogen (secondary N) is 1. The Morgan fingerprint density at radius 1 is 1.23 bits per heavy atom. The van der Waals surface area contributed by atoms with Crippen molar-refractivity contribution in [1.29, 1.82) is 0 Å². The lowest BCUT2D eigenvalue weighted by Crippen LogP contribution is -2.21. The predicted octanol–water partition coefficient (Wildman–Crippen LogP) is 2.88. The van der Waals surface area contributed by atoms with Crippen molar-refractivity contribution in [1.82, 2.24) is 5.32 Å². The monoisotopic (exact) mass is 301 g/mol. The number of hydrogen-bond acceptors (Lipinski definition) is 5. The van der Waals surface area contributed by atoms with Crippen molar-refractivity contribution < 1.29 is 14.1 Å². The Morgan fingerprint density at radius 2 is 2.00 bits per heavy atom. The van der Waals surface area contributed by atoms with E-state index in [1.807, 2.05) is 0 Å². The molecular weight excluding hydrogens is 289 g/mol. The molecular formula is C15H12FN3O3. The van der Waals surface area contributed by atoms with Crippen LogP contribution in [0.25, 0.3) is 0 Å². The lowest BCUT2D eigenvalue weighted by atomic mass is 10.1. The predicted molar refractivity (Wildman–Crippen MR) is 79.0 cm³/mol. The van der Waals surface area contributed by atoms with Crippen molar-refractivity contribution in [3.8, 4) is 11.5 Å². The van der Waals surface area contributed by atoms with E-state index in [-0.39, 0.29) is 11.3 Å². The summed E-state index contributed by atoms with van der Waals surface area (Å²) in [5.74, 6) is 0.709. The maximum absolute atomic E-state index is 14.1. The minimum Gasteiger partial charge on any atom is -0.456 e. The van der Waals surface area contributed by atoms with Crippen LogP contribution in [0, 0.1) is 15.9 Å². The van der Waals surface area contributed by atoms with Gasteiger partial charge in [-0.2, -0.15) is 0 Å². The van der Waals surface area contributed by atoms with Gasteiger partial charge in [0.25, 0.3) is 5.69 Å². The Kier molecular flexibility index (Phi) is 3.69. The zero-order valence-electron chi connectivity index (χ0n) is 11.5. The molecule has 0 spiro atoms. The zero-order valence-corrected chi connectivity index (χ0v) is 11.5. The molecule has 3 rings (SSSR count). The van der Waals surface area contributed by atoms with Gasteiger partial charge in [0.15, 0.2) is 0 Å². The fourth-order valence-corrected chi connectivity index (χ4v) is 2.15. The molecule has 0 unspecified atom stereocenters. The second-order valence-corrected chi connectivity index (χ2v) is 4.62. The van der Waals surface area contributed by atoms with Crippen LogP contribution in [0.3, 0.4) is 0 Å². The maximum Gasteiger partial charge on any atom is 0.269 e. The highest BCUT2D eigenvalue weighted by molar-refractivity contribution is 6.02. The van der Waals surface area contributed by atoms with Gasteiger partial charge in [0.1, 0.15) is 23.2 Å². The van der Waals surface area contributed by atoms with Crippen LogP contribution in [-0.2, 0) is 0 Å². The van der Waals surface area contributed by atoms with Crippen LogP contribution in [0.15, 0.2) is 47.5 Å². The number of rotatable bonds is 4. The molecule has 0 radical (unpaired) electrons. The van der Waals surface area contributed by atoms with Gasteiger partial charge in [-0.1, -0.05) is 6.07 Å². The lowest BCUT2D eigenvalue weighted by molar-refractivity contribution is -0.384. The van der Waals surface area contributed by atoms with Crippen molar-refractivity contribution in [2.45, 2.75) is 0 Å². The Labute approximate surface area is 125 Å². The fourth-order valence-electron chi connectivity index (χ4n) is 2.15. The number of benzene rings is 2. The molecule has 0 saturated heterocycles. The summed E-state index contributed by atoms with van der Waals surface area (Å²) in [6.07, 6.45) is 0. The molecule has 0 atom stereocenters. The number of nitro groups is 1. The molecule has 1 N–H and O–H groups in total. The van der Waals surface area contributed by atoms with Crippen molar-refractivity contribution in [2.75, 3.05) is 13.1 Å². The molecule has 0 fully saturated rings. The van der Waals surface area contributed by atoms with Gasteiger partial charge >= 0.3 is 0 Å². The lowest BCUT2D eigenvalue weighted by Gasteiger charge is -2.12. The summed E-state index contributed by atoms with van der Waals surface area (Å²) in [4.78, 5) is 14.3. The molecule has 1 heterocycles. The molecule has 7 heteroatoms. The Morgan fingerprint density at radius 3 is 2.64 bits per heavy atom. The summed E-state index contributed by atoms with van der Waals surface area (Å²) in [7, 11) is 0. The number of halogens is 1. The van der Waals surface area contributed by atoms with E-state index in [0.717, 1.165) is 0 Å². The van der Waals surface area contributed by atoms with E-state index in [1.54, 1.807) is 6.07 Å². The van der Waals surface area contributed by atoms with Crippen LogP contribution in [-0.4, -0.2) is 23.8 Å². The molecule has 0 bridgehead atoms. The first-order valence-electron chi connectivity index (χ1n) is 6.64. The normalized spacial score (nSPS) is 13.4. The number of amidine groups is 1. The standard InChI is InChI=1S/C15H12FN3O3/c16-12-2-1-3-13(14(12)15-17-8-9-18-15)22-11-6-4-10(5-7-11)19(20)21/h1-7H,8-9H2,(H,17,18). The molecule has 0 aromatic heterocycles. The summed E-state index contributed by atoms with van der Waals surface area (Å²) in [6, 6.07) is 10.1. The molecule has 2 aromatic rings. The highest BCUT2D eigenvalue weighted by atomic mass is 19.1. The first-order valence-corrected chi connectivity index (χ1v) is 6.64. The molecule has 0 saturated carbocycles. The third-order valence-electron chi connectivity index (χ3n) is 3.16. The molecule has 0 aliphatic carbocycles. The molecule has 6 nitrogen and oxygen atoms in total. The van der Waals surface area contributed by atoms with Gasteiger partial charge in [-0.15, -0.1) is 0 Å². The highest BCUT2D eigenvalue weighted by Crippen LogP contribution is 2.29. The Balaban J connectivity index is 1.92. The molecule has 0 amide bonds. The number of aliphatic imine (C=N–C) groups is 1. The van der Waals surface area contributed by atoms with Gasteiger partial charge in [-0.05, 0) is 24.3 Å². The van der Waals surface area contributed by atoms with Gasteiger partial charge in [0.05, 0.1) is 17.0 Å². The van der Waals surface area contributed by atoms with Crippen molar-refractivity contribution >= 4 is 11.5 Å². The largest absolute Gasteiger partial charge is 0.456 e. The molecule has 1 aliphatic heterocycles. The minimum atomic E-state index is -0.491. The second-order valence-electron chi connectivity index (χ2n) is 4.62. The van der Waals surface area contributed by atoms with E-state index >= 15 is 0 Å². The summed E-state index contributed by atoms with van der Waals surface area (Å²) in [5, 5.41) is 13.6. The summed E-state index contributed by atoms with van der Waals surface area (Å²) in [5.41, 5.74) is 0.229.